The largest absolute Gasteiger partial charge is 0.375 e. The van der Waals surface area contributed by atoms with Crippen LogP contribution in [0.15, 0.2) is 12.7 Å². The van der Waals surface area contributed by atoms with Crippen LogP contribution in [0, 0.1) is 0 Å². The Hall–Kier alpha value is -0.340. The van der Waals surface area contributed by atoms with Gasteiger partial charge in [0, 0.05) is 19.6 Å². The Morgan fingerprint density at radius 2 is 2.00 bits per heavy atom. The third kappa shape index (κ3) is 1.41. The highest BCUT2D eigenvalue weighted by molar-refractivity contribution is 4.93. The number of piperidine rings is 1. The van der Waals surface area contributed by atoms with Gasteiger partial charge in [-0.3, -0.25) is 4.90 Å². The number of hydrogen-bond acceptors (Lipinski definition) is 2. The first-order valence-corrected chi connectivity index (χ1v) is 4.82. The van der Waals surface area contributed by atoms with Crippen LogP contribution in [0.5, 0.6) is 0 Å². The number of likely N-dealkylation sites (tertiary alicyclic amines) is 1. The van der Waals surface area contributed by atoms with E-state index in [1.54, 1.807) is 0 Å². The van der Waals surface area contributed by atoms with E-state index in [-0.39, 0.29) is 0 Å². The Morgan fingerprint density at radius 1 is 1.33 bits per heavy atom. The van der Waals surface area contributed by atoms with Crippen molar-refractivity contribution in [3.63, 3.8) is 0 Å². The number of rotatable bonds is 2. The highest BCUT2D eigenvalue weighted by Crippen LogP contribution is 2.36. The van der Waals surface area contributed by atoms with Crippen LogP contribution in [0.2, 0.25) is 0 Å². The lowest BCUT2D eigenvalue weighted by Crippen LogP contribution is -2.52. The van der Waals surface area contributed by atoms with Crippen LogP contribution in [-0.2, 0) is 4.74 Å². The zero-order valence-electron chi connectivity index (χ0n) is 7.59. The van der Waals surface area contributed by atoms with Crippen molar-refractivity contribution in [2.45, 2.75) is 24.9 Å². The van der Waals surface area contributed by atoms with Gasteiger partial charge in [-0.05, 0) is 19.3 Å². The summed E-state index contributed by atoms with van der Waals surface area (Å²) in [5.74, 6) is 0. The average Bonchev–Trinajstić information content (AvgIpc) is 2.04. The van der Waals surface area contributed by atoms with Crippen LogP contribution in [-0.4, -0.2) is 36.7 Å². The first-order valence-electron chi connectivity index (χ1n) is 4.82. The average molecular weight is 167 g/mol. The minimum atomic E-state index is 0.303. The second kappa shape index (κ2) is 3.19. The van der Waals surface area contributed by atoms with Gasteiger partial charge in [-0.2, -0.15) is 0 Å². The van der Waals surface area contributed by atoms with E-state index >= 15 is 0 Å². The molecule has 0 aromatic rings. The molecule has 2 saturated heterocycles. The molecule has 12 heavy (non-hydrogen) atoms. The van der Waals surface area contributed by atoms with E-state index in [1.807, 2.05) is 6.08 Å². The van der Waals surface area contributed by atoms with E-state index in [0.717, 1.165) is 13.2 Å². The van der Waals surface area contributed by atoms with Crippen molar-refractivity contribution in [1.29, 1.82) is 0 Å². The molecule has 2 heterocycles. The molecule has 0 unspecified atom stereocenters. The Bertz CT molecular complexity index is 165. The zero-order valence-corrected chi connectivity index (χ0v) is 7.59. The summed E-state index contributed by atoms with van der Waals surface area (Å²) in [6, 6.07) is 0. The van der Waals surface area contributed by atoms with Gasteiger partial charge >= 0.3 is 0 Å². The summed E-state index contributed by atoms with van der Waals surface area (Å²) in [6.07, 6.45) is 5.72. The second-order valence-electron chi connectivity index (χ2n) is 3.87. The molecule has 1 spiro atoms. The Labute approximate surface area is 74.2 Å². The molecule has 2 fully saturated rings. The lowest BCUT2D eigenvalue weighted by molar-refractivity contribution is -0.171. The standard InChI is InChI=1S/C10H17NO/c1-2-6-11-7-3-10(4-8-11)5-9-12-10/h2H,1,3-9H2. The monoisotopic (exact) mass is 167 g/mol. The van der Waals surface area contributed by atoms with Crippen LogP contribution in [0.4, 0.5) is 0 Å². The molecule has 0 atom stereocenters. The summed E-state index contributed by atoms with van der Waals surface area (Å²) < 4.78 is 5.63. The fraction of sp³-hybridized carbons (Fsp3) is 0.800. The molecule has 0 bridgehead atoms. The maximum absolute atomic E-state index is 5.63. The third-order valence-corrected chi connectivity index (χ3v) is 3.12. The van der Waals surface area contributed by atoms with Crippen LogP contribution >= 0.6 is 0 Å². The highest BCUT2D eigenvalue weighted by atomic mass is 16.5. The van der Waals surface area contributed by atoms with E-state index in [4.69, 9.17) is 4.74 Å². The van der Waals surface area contributed by atoms with Crippen molar-refractivity contribution in [3.8, 4) is 0 Å². The molecule has 0 radical (unpaired) electrons. The third-order valence-electron chi connectivity index (χ3n) is 3.12. The van der Waals surface area contributed by atoms with Gasteiger partial charge in [0.05, 0.1) is 12.2 Å². The molecule has 2 aliphatic rings. The van der Waals surface area contributed by atoms with Gasteiger partial charge in [0.15, 0.2) is 0 Å². The van der Waals surface area contributed by atoms with Gasteiger partial charge in [-0.15, -0.1) is 6.58 Å². The predicted octanol–water partition coefficient (Wildman–Crippen LogP) is 1.43. The van der Waals surface area contributed by atoms with Crippen molar-refractivity contribution >= 4 is 0 Å². The lowest BCUT2D eigenvalue weighted by atomic mass is 9.84. The second-order valence-corrected chi connectivity index (χ2v) is 3.87. The molecular formula is C10H17NO. The number of nitrogens with zero attached hydrogens (tertiary/aromatic N) is 1. The Kier molecular flexibility index (Phi) is 2.20. The van der Waals surface area contributed by atoms with Gasteiger partial charge in [-0.25, -0.2) is 0 Å². The van der Waals surface area contributed by atoms with Crippen LogP contribution in [0.1, 0.15) is 19.3 Å². The van der Waals surface area contributed by atoms with Gasteiger partial charge in [0.2, 0.25) is 0 Å². The highest BCUT2D eigenvalue weighted by Gasteiger charge is 2.40. The summed E-state index contributed by atoms with van der Waals surface area (Å²) in [4.78, 5) is 2.44. The van der Waals surface area contributed by atoms with Crippen molar-refractivity contribution < 1.29 is 4.74 Å². The molecule has 0 saturated carbocycles. The molecule has 2 heteroatoms. The molecule has 68 valence electrons. The zero-order chi connectivity index (χ0) is 8.44. The molecular weight excluding hydrogens is 150 g/mol. The van der Waals surface area contributed by atoms with E-state index in [0.29, 0.717) is 5.60 Å². The van der Waals surface area contributed by atoms with Crippen LogP contribution < -0.4 is 0 Å². The van der Waals surface area contributed by atoms with Crippen molar-refractivity contribution in [2.75, 3.05) is 26.2 Å². The Balaban J connectivity index is 1.80. The first kappa shape index (κ1) is 8.27. The van der Waals surface area contributed by atoms with Crippen molar-refractivity contribution in [3.05, 3.63) is 12.7 Å². The molecule has 0 aliphatic carbocycles. The van der Waals surface area contributed by atoms with Crippen molar-refractivity contribution in [2.24, 2.45) is 0 Å². The minimum Gasteiger partial charge on any atom is -0.375 e. The number of ether oxygens (including phenoxy) is 1. The molecule has 0 aromatic heterocycles. The van der Waals surface area contributed by atoms with Gasteiger partial charge < -0.3 is 4.74 Å². The van der Waals surface area contributed by atoms with Crippen LogP contribution in [0.3, 0.4) is 0 Å². The van der Waals surface area contributed by atoms with Crippen LogP contribution in [0.25, 0.3) is 0 Å². The minimum absolute atomic E-state index is 0.303. The van der Waals surface area contributed by atoms with E-state index < -0.39 is 0 Å². The molecule has 2 aliphatic heterocycles. The lowest BCUT2D eigenvalue weighted by Gasteiger charge is -2.47. The smallest absolute Gasteiger partial charge is 0.0728 e. The summed E-state index contributed by atoms with van der Waals surface area (Å²) in [7, 11) is 0. The van der Waals surface area contributed by atoms with E-state index in [9.17, 15) is 0 Å². The first-order chi connectivity index (χ1) is 5.85. The molecule has 2 rings (SSSR count). The molecule has 0 amide bonds. The van der Waals surface area contributed by atoms with Crippen molar-refractivity contribution in [1.82, 2.24) is 4.90 Å². The fourth-order valence-corrected chi connectivity index (χ4v) is 2.11. The summed E-state index contributed by atoms with van der Waals surface area (Å²) >= 11 is 0. The topological polar surface area (TPSA) is 12.5 Å². The fourth-order valence-electron chi connectivity index (χ4n) is 2.11. The SMILES string of the molecule is C=CCN1CCC2(CCO2)CC1. The molecule has 2 nitrogen and oxygen atoms in total. The van der Waals surface area contributed by atoms with E-state index in [2.05, 4.69) is 11.5 Å². The summed E-state index contributed by atoms with van der Waals surface area (Å²) in [5.41, 5.74) is 0.303. The quantitative estimate of drug-likeness (QED) is 0.577. The maximum atomic E-state index is 5.63. The van der Waals surface area contributed by atoms with Gasteiger partial charge in [0.25, 0.3) is 0 Å². The van der Waals surface area contributed by atoms with Gasteiger partial charge in [-0.1, -0.05) is 6.08 Å². The molecule has 0 N–H and O–H groups in total. The normalized spacial score (nSPS) is 28.3. The van der Waals surface area contributed by atoms with E-state index in [1.165, 1.54) is 32.4 Å². The summed E-state index contributed by atoms with van der Waals surface area (Å²) in [5, 5.41) is 0. The maximum Gasteiger partial charge on any atom is 0.0728 e. The number of hydrogen-bond donors (Lipinski definition) is 0. The molecule has 0 aromatic carbocycles. The Morgan fingerprint density at radius 3 is 2.42 bits per heavy atom. The predicted molar refractivity (Wildman–Crippen MR) is 49.2 cm³/mol. The summed E-state index contributed by atoms with van der Waals surface area (Å²) in [6.45, 7) is 8.15. The van der Waals surface area contributed by atoms with Gasteiger partial charge in [0.1, 0.15) is 0 Å².